The zero-order valence-electron chi connectivity index (χ0n) is 8.06. The maximum Gasteiger partial charge on any atom is 0.0208 e. The van der Waals surface area contributed by atoms with Crippen molar-refractivity contribution in [1.82, 2.24) is 5.32 Å². The summed E-state index contributed by atoms with van der Waals surface area (Å²) in [7, 11) is 0. The summed E-state index contributed by atoms with van der Waals surface area (Å²) in [4.78, 5) is 0. The maximum atomic E-state index is 3.88. The van der Waals surface area contributed by atoms with Gasteiger partial charge in [0.05, 0.1) is 0 Å². The Morgan fingerprint density at radius 2 is 2.31 bits per heavy atom. The molecule has 0 aliphatic carbocycles. The zero-order chi connectivity index (χ0) is 9.26. The van der Waals surface area contributed by atoms with Crippen LogP contribution in [0.25, 0.3) is 6.08 Å². The second-order valence-electron chi connectivity index (χ2n) is 3.56. The molecule has 1 aromatic rings. The van der Waals surface area contributed by atoms with Gasteiger partial charge in [-0.15, -0.1) is 0 Å². The van der Waals surface area contributed by atoms with Crippen LogP contribution in [0.4, 0.5) is 0 Å². The lowest BCUT2D eigenvalue weighted by Gasteiger charge is -2.20. The highest BCUT2D eigenvalue weighted by molar-refractivity contribution is 5.59. The van der Waals surface area contributed by atoms with E-state index in [1.807, 2.05) is 6.08 Å². The van der Waals surface area contributed by atoms with E-state index in [0.29, 0.717) is 0 Å². The molecule has 0 radical (unpaired) electrons. The Labute approximate surface area is 79.5 Å². The lowest BCUT2D eigenvalue weighted by molar-refractivity contribution is 0.642. The topological polar surface area (TPSA) is 12.0 Å². The van der Waals surface area contributed by atoms with Crippen molar-refractivity contribution in [3.05, 3.63) is 41.0 Å². The van der Waals surface area contributed by atoms with Gasteiger partial charge in [0.2, 0.25) is 0 Å². The molecule has 0 aromatic heterocycles. The van der Waals surface area contributed by atoms with E-state index in [9.17, 15) is 0 Å². The highest BCUT2D eigenvalue weighted by Gasteiger charge is 2.11. The van der Waals surface area contributed by atoms with Gasteiger partial charge in [-0.2, -0.15) is 0 Å². The van der Waals surface area contributed by atoms with Crippen molar-refractivity contribution in [2.75, 3.05) is 6.54 Å². The average Bonchev–Trinajstić information content (AvgIpc) is 2.18. The van der Waals surface area contributed by atoms with Crippen molar-refractivity contribution in [1.29, 1.82) is 0 Å². The van der Waals surface area contributed by atoms with Crippen LogP contribution in [-0.2, 0) is 13.0 Å². The van der Waals surface area contributed by atoms with Gasteiger partial charge in [0.25, 0.3) is 0 Å². The van der Waals surface area contributed by atoms with Gasteiger partial charge in [0.1, 0.15) is 0 Å². The van der Waals surface area contributed by atoms with Gasteiger partial charge in [-0.1, -0.05) is 24.8 Å². The lowest BCUT2D eigenvalue weighted by atomic mass is 9.92. The standard InChI is InChI=1S/C12H15N/c1-3-11-9(2)4-5-10-8-13-7-6-12(10)11/h3-5,13H,1,6-8H2,2H3. The minimum absolute atomic E-state index is 1.01. The molecule has 1 aliphatic heterocycles. The van der Waals surface area contributed by atoms with Gasteiger partial charge in [0, 0.05) is 6.54 Å². The van der Waals surface area contributed by atoms with Crippen molar-refractivity contribution in [2.24, 2.45) is 0 Å². The van der Waals surface area contributed by atoms with Crippen molar-refractivity contribution >= 4 is 6.08 Å². The van der Waals surface area contributed by atoms with Crippen LogP contribution in [0.5, 0.6) is 0 Å². The van der Waals surface area contributed by atoms with Crippen LogP contribution in [-0.4, -0.2) is 6.54 Å². The van der Waals surface area contributed by atoms with E-state index in [0.717, 1.165) is 19.5 Å². The van der Waals surface area contributed by atoms with Gasteiger partial charge >= 0.3 is 0 Å². The molecule has 68 valence electrons. The number of aryl methyl sites for hydroxylation is 1. The molecule has 1 N–H and O–H groups in total. The van der Waals surface area contributed by atoms with Gasteiger partial charge in [-0.3, -0.25) is 0 Å². The molecule has 0 spiro atoms. The van der Waals surface area contributed by atoms with Crippen molar-refractivity contribution < 1.29 is 0 Å². The number of fused-ring (bicyclic) bond motifs is 1. The molecule has 0 bridgehead atoms. The molecule has 0 atom stereocenters. The predicted molar refractivity (Wildman–Crippen MR) is 56.7 cm³/mol. The van der Waals surface area contributed by atoms with Gasteiger partial charge in [0.15, 0.2) is 0 Å². The van der Waals surface area contributed by atoms with Crippen molar-refractivity contribution in [3.8, 4) is 0 Å². The molecular formula is C12H15N. The highest BCUT2D eigenvalue weighted by Crippen LogP contribution is 2.22. The zero-order valence-corrected chi connectivity index (χ0v) is 8.06. The van der Waals surface area contributed by atoms with E-state index in [2.05, 4.69) is 31.0 Å². The minimum atomic E-state index is 1.01. The summed E-state index contributed by atoms with van der Waals surface area (Å²) in [6.45, 7) is 8.14. The Bertz CT molecular complexity index is 339. The van der Waals surface area contributed by atoms with E-state index in [-0.39, 0.29) is 0 Å². The summed E-state index contributed by atoms with van der Waals surface area (Å²) in [5.74, 6) is 0. The number of hydrogen-bond donors (Lipinski definition) is 1. The minimum Gasteiger partial charge on any atom is -0.312 e. The molecule has 0 unspecified atom stereocenters. The van der Waals surface area contributed by atoms with E-state index in [1.165, 1.54) is 22.3 Å². The summed E-state index contributed by atoms with van der Waals surface area (Å²) in [6.07, 6.45) is 3.12. The Kier molecular flexibility index (Phi) is 2.19. The molecule has 2 rings (SSSR count). The molecule has 0 amide bonds. The van der Waals surface area contributed by atoms with Crippen LogP contribution in [0.2, 0.25) is 0 Å². The molecule has 1 aromatic carbocycles. The van der Waals surface area contributed by atoms with Crippen molar-refractivity contribution in [3.63, 3.8) is 0 Å². The number of benzene rings is 1. The molecule has 0 saturated carbocycles. The fourth-order valence-electron chi connectivity index (χ4n) is 2.01. The average molecular weight is 173 g/mol. The van der Waals surface area contributed by atoms with Crippen LogP contribution in [0.1, 0.15) is 22.3 Å². The first-order valence-corrected chi connectivity index (χ1v) is 4.77. The first-order valence-electron chi connectivity index (χ1n) is 4.77. The molecule has 0 saturated heterocycles. The SMILES string of the molecule is C=Cc1c(C)ccc2c1CCNC2. The normalized spacial score (nSPS) is 15.2. The third-order valence-electron chi connectivity index (χ3n) is 2.74. The second-order valence-corrected chi connectivity index (χ2v) is 3.56. The number of nitrogens with one attached hydrogen (secondary N) is 1. The molecular weight excluding hydrogens is 158 g/mol. The van der Waals surface area contributed by atoms with Crippen LogP contribution in [0.3, 0.4) is 0 Å². The Balaban J connectivity index is 2.58. The molecule has 1 heterocycles. The second kappa shape index (κ2) is 3.35. The largest absolute Gasteiger partial charge is 0.312 e. The highest BCUT2D eigenvalue weighted by atomic mass is 14.9. The van der Waals surface area contributed by atoms with Crippen molar-refractivity contribution in [2.45, 2.75) is 19.9 Å². The third-order valence-corrected chi connectivity index (χ3v) is 2.74. The predicted octanol–water partition coefficient (Wildman–Crippen LogP) is 2.28. The fourth-order valence-corrected chi connectivity index (χ4v) is 2.01. The Morgan fingerprint density at radius 1 is 1.46 bits per heavy atom. The first kappa shape index (κ1) is 8.52. The Hall–Kier alpha value is -1.08. The summed E-state index contributed by atoms with van der Waals surface area (Å²) in [5.41, 5.74) is 5.62. The first-order chi connectivity index (χ1) is 6.33. The number of rotatable bonds is 1. The third kappa shape index (κ3) is 1.40. The summed E-state index contributed by atoms with van der Waals surface area (Å²) < 4.78 is 0. The summed E-state index contributed by atoms with van der Waals surface area (Å²) in [6, 6.07) is 4.41. The van der Waals surface area contributed by atoms with Gasteiger partial charge in [-0.25, -0.2) is 0 Å². The van der Waals surface area contributed by atoms with Gasteiger partial charge in [-0.05, 0) is 42.1 Å². The molecule has 1 nitrogen and oxygen atoms in total. The summed E-state index contributed by atoms with van der Waals surface area (Å²) in [5, 5.41) is 3.38. The van der Waals surface area contributed by atoms with Crippen LogP contribution >= 0.6 is 0 Å². The van der Waals surface area contributed by atoms with Crippen LogP contribution in [0.15, 0.2) is 18.7 Å². The fraction of sp³-hybridized carbons (Fsp3) is 0.333. The number of hydrogen-bond acceptors (Lipinski definition) is 1. The lowest BCUT2D eigenvalue weighted by Crippen LogP contribution is -2.24. The van der Waals surface area contributed by atoms with Crippen LogP contribution < -0.4 is 5.32 Å². The molecule has 1 heteroatoms. The Morgan fingerprint density at radius 3 is 3.08 bits per heavy atom. The monoisotopic (exact) mass is 173 g/mol. The van der Waals surface area contributed by atoms with E-state index >= 15 is 0 Å². The smallest absolute Gasteiger partial charge is 0.0208 e. The maximum absolute atomic E-state index is 3.88. The van der Waals surface area contributed by atoms with E-state index < -0.39 is 0 Å². The quantitative estimate of drug-likeness (QED) is 0.687. The van der Waals surface area contributed by atoms with E-state index in [4.69, 9.17) is 0 Å². The molecule has 1 aliphatic rings. The van der Waals surface area contributed by atoms with Crippen LogP contribution in [0, 0.1) is 6.92 Å². The van der Waals surface area contributed by atoms with E-state index in [1.54, 1.807) is 0 Å². The summed E-state index contributed by atoms with van der Waals surface area (Å²) >= 11 is 0. The molecule has 0 fully saturated rings. The molecule has 13 heavy (non-hydrogen) atoms. The van der Waals surface area contributed by atoms with Gasteiger partial charge < -0.3 is 5.32 Å².